The second-order valence-electron chi connectivity index (χ2n) is 6.18. The normalized spacial score (nSPS) is 17.1. The molecule has 0 saturated carbocycles. The number of nitrogens with one attached hydrogen (secondary N) is 2. The van der Waals surface area contributed by atoms with Crippen LogP contribution in [0.3, 0.4) is 0 Å². The van der Waals surface area contributed by atoms with Crippen molar-refractivity contribution >= 4 is 5.96 Å². The first-order chi connectivity index (χ1) is 13.2. The van der Waals surface area contributed by atoms with Gasteiger partial charge in [-0.25, -0.2) is 8.78 Å². The van der Waals surface area contributed by atoms with Crippen LogP contribution in [0.5, 0.6) is 5.75 Å². The number of halogens is 2. The summed E-state index contributed by atoms with van der Waals surface area (Å²) in [5.74, 6) is -0.828. The van der Waals surface area contributed by atoms with Gasteiger partial charge < -0.3 is 24.8 Å². The maximum absolute atomic E-state index is 13.1. The Morgan fingerprint density at radius 3 is 2.89 bits per heavy atom. The van der Waals surface area contributed by atoms with Gasteiger partial charge in [-0.05, 0) is 38.3 Å². The van der Waals surface area contributed by atoms with Crippen molar-refractivity contribution < 1.29 is 23.0 Å². The molecule has 152 valence electrons. The topological polar surface area (TPSA) is 64.1 Å². The predicted molar refractivity (Wildman–Crippen MR) is 100 cm³/mol. The van der Waals surface area contributed by atoms with E-state index in [1.807, 2.05) is 6.92 Å². The van der Waals surface area contributed by atoms with E-state index in [0.717, 1.165) is 44.5 Å². The largest absolute Gasteiger partial charge is 0.492 e. The van der Waals surface area contributed by atoms with Crippen LogP contribution in [0, 0.1) is 11.6 Å². The van der Waals surface area contributed by atoms with E-state index >= 15 is 0 Å². The molecule has 0 aromatic heterocycles. The number of rotatable bonds is 11. The van der Waals surface area contributed by atoms with Crippen LogP contribution in [0.15, 0.2) is 23.2 Å². The van der Waals surface area contributed by atoms with Crippen LogP contribution in [-0.2, 0) is 9.47 Å². The minimum absolute atomic E-state index is 0.252. The van der Waals surface area contributed by atoms with E-state index in [0.29, 0.717) is 44.6 Å². The Labute approximate surface area is 159 Å². The van der Waals surface area contributed by atoms with Crippen molar-refractivity contribution in [2.45, 2.75) is 32.3 Å². The summed E-state index contributed by atoms with van der Waals surface area (Å²) >= 11 is 0. The summed E-state index contributed by atoms with van der Waals surface area (Å²) < 4.78 is 42.5. The van der Waals surface area contributed by atoms with Gasteiger partial charge in [-0.3, -0.25) is 4.99 Å². The van der Waals surface area contributed by atoms with E-state index in [-0.39, 0.29) is 6.10 Å². The van der Waals surface area contributed by atoms with E-state index < -0.39 is 11.6 Å². The number of guanidine groups is 1. The Hall–Kier alpha value is -1.93. The van der Waals surface area contributed by atoms with E-state index in [9.17, 15) is 8.78 Å². The maximum Gasteiger partial charge on any atom is 0.191 e. The molecule has 1 heterocycles. The molecular formula is C19H29F2N3O3. The average molecular weight is 385 g/mol. The fourth-order valence-corrected chi connectivity index (χ4v) is 2.59. The van der Waals surface area contributed by atoms with E-state index in [1.54, 1.807) is 0 Å². The van der Waals surface area contributed by atoms with Gasteiger partial charge in [0.25, 0.3) is 0 Å². The zero-order chi connectivity index (χ0) is 19.3. The second-order valence-corrected chi connectivity index (χ2v) is 6.18. The number of hydrogen-bond donors (Lipinski definition) is 2. The summed E-state index contributed by atoms with van der Waals surface area (Å²) in [4.78, 5) is 4.47. The highest BCUT2D eigenvalue weighted by molar-refractivity contribution is 5.79. The summed E-state index contributed by atoms with van der Waals surface area (Å²) in [7, 11) is 0. The van der Waals surface area contributed by atoms with Gasteiger partial charge in [0.1, 0.15) is 12.4 Å². The first kappa shape index (κ1) is 21.4. The molecule has 27 heavy (non-hydrogen) atoms. The number of hydrogen-bond acceptors (Lipinski definition) is 4. The first-order valence-electron chi connectivity index (χ1n) is 9.48. The van der Waals surface area contributed by atoms with Crippen LogP contribution in [-0.4, -0.2) is 58.1 Å². The Bertz CT molecular complexity index is 581. The van der Waals surface area contributed by atoms with E-state index in [1.165, 1.54) is 6.07 Å². The molecule has 1 unspecified atom stereocenters. The van der Waals surface area contributed by atoms with Gasteiger partial charge in [0, 0.05) is 32.4 Å². The SMILES string of the molecule is CCNC(=NCCCOCC1CCCO1)NCCOc1ccc(F)c(F)c1. The molecule has 8 heteroatoms. The zero-order valence-corrected chi connectivity index (χ0v) is 15.8. The molecular weight excluding hydrogens is 356 g/mol. The molecule has 0 radical (unpaired) electrons. The Morgan fingerprint density at radius 2 is 2.15 bits per heavy atom. The molecule has 1 aromatic rings. The van der Waals surface area contributed by atoms with Crippen LogP contribution in [0.2, 0.25) is 0 Å². The fraction of sp³-hybridized carbons (Fsp3) is 0.632. The lowest BCUT2D eigenvalue weighted by molar-refractivity contribution is 0.0171. The van der Waals surface area contributed by atoms with Gasteiger partial charge in [-0.2, -0.15) is 0 Å². The maximum atomic E-state index is 13.1. The summed E-state index contributed by atoms with van der Waals surface area (Å²) in [6.07, 6.45) is 3.28. The monoisotopic (exact) mass is 385 g/mol. The average Bonchev–Trinajstić information content (AvgIpc) is 3.17. The molecule has 0 bridgehead atoms. The third-order valence-corrected chi connectivity index (χ3v) is 3.94. The van der Waals surface area contributed by atoms with Crippen LogP contribution in [0.1, 0.15) is 26.2 Å². The predicted octanol–water partition coefficient (Wildman–Crippen LogP) is 2.48. The molecule has 2 N–H and O–H groups in total. The fourth-order valence-electron chi connectivity index (χ4n) is 2.59. The van der Waals surface area contributed by atoms with Crippen molar-refractivity contribution in [3.8, 4) is 5.75 Å². The van der Waals surface area contributed by atoms with Gasteiger partial charge in [-0.15, -0.1) is 0 Å². The molecule has 1 aliphatic heterocycles. The molecule has 1 fully saturated rings. The minimum atomic E-state index is -0.919. The van der Waals surface area contributed by atoms with E-state index in [4.69, 9.17) is 14.2 Å². The zero-order valence-electron chi connectivity index (χ0n) is 15.8. The number of ether oxygens (including phenoxy) is 3. The Kier molecular flexibility index (Phi) is 9.86. The summed E-state index contributed by atoms with van der Waals surface area (Å²) in [5, 5.41) is 6.28. The lowest BCUT2D eigenvalue weighted by atomic mass is 10.2. The third kappa shape index (κ3) is 8.53. The van der Waals surface area contributed by atoms with E-state index in [2.05, 4.69) is 15.6 Å². The quantitative estimate of drug-likeness (QED) is 0.348. The van der Waals surface area contributed by atoms with Crippen LogP contribution < -0.4 is 15.4 Å². The third-order valence-electron chi connectivity index (χ3n) is 3.94. The summed E-state index contributed by atoms with van der Waals surface area (Å²) in [6.45, 7) is 6.32. The molecule has 1 atom stereocenters. The Balaban J connectivity index is 1.58. The summed E-state index contributed by atoms with van der Waals surface area (Å²) in [5.41, 5.74) is 0. The van der Waals surface area contributed by atoms with Crippen LogP contribution in [0.4, 0.5) is 8.78 Å². The van der Waals surface area contributed by atoms with Gasteiger partial charge in [-0.1, -0.05) is 0 Å². The van der Waals surface area contributed by atoms with Crippen molar-refractivity contribution in [3.05, 3.63) is 29.8 Å². The highest BCUT2D eigenvalue weighted by Crippen LogP contribution is 2.15. The molecule has 1 saturated heterocycles. The molecule has 0 spiro atoms. The highest BCUT2D eigenvalue weighted by atomic mass is 19.2. The Morgan fingerprint density at radius 1 is 1.26 bits per heavy atom. The molecule has 1 aliphatic rings. The lowest BCUT2D eigenvalue weighted by Gasteiger charge is -2.12. The molecule has 1 aromatic carbocycles. The smallest absolute Gasteiger partial charge is 0.191 e. The van der Waals surface area contributed by atoms with Crippen molar-refractivity contribution in [2.75, 3.05) is 46.1 Å². The van der Waals surface area contributed by atoms with Crippen LogP contribution in [0.25, 0.3) is 0 Å². The minimum Gasteiger partial charge on any atom is -0.492 e. The lowest BCUT2D eigenvalue weighted by Crippen LogP contribution is -2.39. The first-order valence-corrected chi connectivity index (χ1v) is 9.48. The highest BCUT2D eigenvalue weighted by Gasteiger charge is 2.14. The van der Waals surface area contributed by atoms with Crippen molar-refractivity contribution in [1.82, 2.24) is 10.6 Å². The van der Waals surface area contributed by atoms with Gasteiger partial charge in [0.05, 0.1) is 19.3 Å². The molecule has 2 rings (SSSR count). The van der Waals surface area contributed by atoms with Crippen molar-refractivity contribution in [3.63, 3.8) is 0 Å². The van der Waals surface area contributed by atoms with Crippen LogP contribution >= 0.6 is 0 Å². The summed E-state index contributed by atoms with van der Waals surface area (Å²) in [6, 6.07) is 3.48. The number of aliphatic imine (C=N–C) groups is 1. The number of benzene rings is 1. The molecule has 0 amide bonds. The second kappa shape index (κ2) is 12.5. The molecule has 0 aliphatic carbocycles. The van der Waals surface area contributed by atoms with Gasteiger partial charge >= 0.3 is 0 Å². The van der Waals surface area contributed by atoms with Crippen molar-refractivity contribution in [1.29, 1.82) is 0 Å². The standard InChI is InChI=1S/C19H29F2N3O3/c1-2-22-19(23-8-4-10-25-14-16-5-3-11-26-16)24-9-12-27-15-6-7-17(20)18(21)13-15/h6-7,13,16H,2-5,8-12,14H2,1H3,(H2,22,23,24). The van der Waals surface area contributed by atoms with Gasteiger partial charge in [0.2, 0.25) is 0 Å². The molecule has 6 nitrogen and oxygen atoms in total. The van der Waals surface area contributed by atoms with Crippen molar-refractivity contribution in [2.24, 2.45) is 4.99 Å². The van der Waals surface area contributed by atoms with Gasteiger partial charge in [0.15, 0.2) is 17.6 Å². The number of nitrogens with zero attached hydrogens (tertiary/aromatic N) is 1.